The molecule has 0 unspecified atom stereocenters. The Morgan fingerprint density at radius 2 is 1.88 bits per heavy atom. The van der Waals surface area contributed by atoms with Crippen LogP contribution in [0.2, 0.25) is 0 Å². The van der Waals surface area contributed by atoms with Gasteiger partial charge in [0.05, 0.1) is 6.61 Å². The van der Waals surface area contributed by atoms with Crippen LogP contribution in [-0.2, 0) is 11.3 Å². The molecule has 2 rings (SSSR count). The second-order valence-corrected chi connectivity index (χ2v) is 4.34. The highest BCUT2D eigenvalue weighted by molar-refractivity contribution is 5.14. The van der Waals surface area contributed by atoms with E-state index in [9.17, 15) is 0 Å². The van der Waals surface area contributed by atoms with Gasteiger partial charge in [0.25, 0.3) is 0 Å². The van der Waals surface area contributed by atoms with Crippen molar-refractivity contribution >= 4 is 0 Å². The van der Waals surface area contributed by atoms with Gasteiger partial charge in [0.1, 0.15) is 0 Å². The number of benzene rings is 1. The molecule has 3 nitrogen and oxygen atoms in total. The highest BCUT2D eigenvalue weighted by Crippen LogP contribution is 2.09. The quantitative estimate of drug-likeness (QED) is 0.837. The summed E-state index contributed by atoms with van der Waals surface area (Å²) in [6.07, 6.45) is 3.07. The van der Waals surface area contributed by atoms with E-state index in [-0.39, 0.29) is 0 Å². The number of nitrogens with zero attached hydrogens (tertiary/aromatic N) is 1. The first-order valence-electron chi connectivity index (χ1n) is 6.02. The molecular formula is C13H20N2O. The number of piperidine rings is 1. The lowest BCUT2D eigenvalue weighted by molar-refractivity contribution is -0.169. The zero-order valence-corrected chi connectivity index (χ0v) is 9.64. The van der Waals surface area contributed by atoms with Crippen molar-refractivity contribution in [3.63, 3.8) is 0 Å². The molecule has 0 atom stereocenters. The van der Waals surface area contributed by atoms with E-state index in [0.717, 1.165) is 39.0 Å². The van der Waals surface area contributed by atoms with Crippen molar-refractivity contribution in [3.05, 3.63) is 35.9 Å². The Morgan fingerprint density at radius 3 is 2.56 bits per heavy atom. The first-order chi connectivity index (χ1) is 7.84. The summed E-state index contributed by atoms with van der Waals surface area (Å²) in [5.74, 6) is 0. The molecule has 1 fully saturated rings. The summed E-state index contributed by atoms with van der Waals surface area (Å²) in [4.78, 5) is 5.71. The largest absolute Gasteiger partial charge is 0.328 e. The number of hydroxylamine groups is 2. The third-order valence-electron chi connectivity index (χ3n) is 3.01. The Hall–Kier alpha value is -0.900. The van der Waals surface area contributed by atoms with Gasteiger partial charge in [0.15, 0.2) is 0 Å². The maximum atomic E-state index is 5.83. The first kappa shape index (κ1) is 11.6. The van der Waals surface area contributed by atoms with Crippen molar-refractivity contribution in [1.82, 2.24) is 5.06 Å². The molecule has 1 aliphatic heterocycles. The van der Waals surface area contributed by atoms with Gasteiger partial charge >= 0.3 is 0 Å². The van der Waals surface area contributed by atoms with Crippen LogP contribution in [0.1, 0.15) is 18.4 Å². The van der Waals surface area contributed by atoms with Crippen LogP contribution in [0.5, 0.6) is 0 Å². The van der Waals surface area contributed by atoms with Crippen molar-refractivity contribution in [2.75, 3.05) is 19.7 Å². The molecule has 0 spiro atoms. The lowest BCUT2D eigenvalue weighted by atomic mass is 10.1. The molecule has 0 aromatic heterocycles. The average Bonchev–Trinajstić information content (AvgIpc) is 2.33. The Labute approximate surface area is 97.1 Å². The molecule has 1 aromatic rings. The molecule has 1 saturated heterocycles. The number of rotatable bonds is 4. The van der Waals surface area contributed by atoms with E-state index in [0.29, 0.717) is 6.04 Å². The molecule has 0 bridgehead atoms. The predicted molar refractivity (Wildman–Crippen MR) is 64.9 cm³/mol. The Balaban J connectivity index is 1.65. The van der Waals surface area contributed by atoms with Crippen LogP contribution >= 0.6 is 0 Å². The summed E-state index contributed by atoms with van der Waals surface area (Å²) in [6, 6.07) is 10.8. The third kappa shape index (κ3) is 3.59. The molecule has 2 N–H and O–H groups in total. The Kier molecular flexibility index (Phi) is 4.34. The predicted octanol–water partition coefficient (Wildman–Crippen LogP) is 1.58. The number of hydrogen-bond donors (Lipinski definition) is 1. The van der Waals surface area contributed by atoms with Crippen LogP contribution < -0.4 is 5.73 Å². The molecule has 1 heterocycles. The fraction of sp³-hybridized carbons (Fsp3) is 0.538. The summed E-state index contributed by atoms with van der Waals surface area (Å²) in [6.45, 7) is 2.70. The number of hydrogen-bond acceptors (Lipinski definition) is 3. The van der Waals surface area contributed by atoms with E-state index >= 15 is 0 Å². The summed E-state index contributed by atoms with van der Waals surface area (Å²) in [7, 11) is 0. The van der Waals surface area contributed by atoms with Crippen LogP contribution in [0.25, 0.3) is 0 Å². The molecule has 0 aliphatic carbocycles. The zero-order chi connectivity index (χ0) is 11.2. The number of nitrogens with two attached hydrogens (primary N) is 1. The van der Waals surface area contributed by atoms with Crippen molar-refractivity contribution < 1.29 is 4.84 Å². The van der Waals surface area contributed by atoms with Crippen LogP contribution in [-0.4, -0.2) is 30.8 Å². The van der Waals surface area contributed by atoms with Gasteiger partial charge in [-0.3, -0.25) is 4.84 Å². The van der Waals surface area contributed by atoms with E-state index in [1.54, 1.807) is 0 Å². The van der Waals surface area contributed by atoms with E-state index < -0.39 is 0 Å². The molecule has 1 aliphatic rings. The molecule has 0 saturated carbocycles. The van der Waals surface area contributed by atoms with Gasteiger partial charge in [0.2, 0.25) is 0 Å². The second-order valence-electron chi connectivity index (χ2n) is 4.34. The minimum atomic E-state index is 0.369. The maximum absolute atomic E-state index is 5.83. The van der Waals surface area contributed by atoms with Crippen LogP contribution in [0.4, 0.5) is 0 Å². The third-order valence-corrected chi connectivity index (χ3v) is 3.01. The van der Waals surface area contributed by atoms with Crippen molar-refractivity contribution in [2.45, 2.75) is 25.3 Å². The lowest BCUT2D eigenvalue weighted by Crippen LogP contribution is -2.39. The molecule has 16 heavy (non-hydrogen) atoms. The standard InChI is InChI=1S/C13H20N2O/c14-13-6-9-15(10-7-13)16-11-8-12-4-2-1-3-5-12/h1-5,13H,6-11,14H2. The van der Waals surface area contributed by atoms with E-state index in [1.807, 2.05) is 11.1 Å². The summed E-state index contributed by atoms with van der Waals surface area (Å²) in [5.41, 5.74) is 7.16. The van der Waals surface area contributed by atoms with E-state index in [2.05, 4.69) is 24.3 Å². The monoisotopic (exact) mass is 220 g/mol. The fourth-order valence-electron chi connectivity index (χ4n) is 1.94. The van der Waals surface area contributed by atoms with Gasteiger partial charge in [-0.25, -0.2) is 0 Å². The normalized spacial score (nSPS) is 18.8. The summed E-state index contributed by atoms with van der Waals surface area (Å²) >= 11 is 0. The molecule has 0 amide bonds. The average molecular weight is 220 g/mol. The van der Waals surface area contributed by atoms with Crippen molar-refractivity contribution in [1.29, 1.82) is 0 Å². The summed E-state index contributed by atoms with van der Waals surface area (Å²) < 4.78 is 0. The van der Waals surface area contributed by atoms with Crippen molar-refractivity contribution in [2.24, 2.45) is 5.73 Å². The van der Waals surface area contributed by atoms with Gasteiger partial charge in [-0.15, -0.1) is 0 Å². The van der Waals surface area contributed by atoms with Gasteiger partial charge in [-0.2, -0.15) is 5.06 Å². The second kappa shape index (κ2) is 5.99. The van der Waals surface area contributed by atoms with E-state index in [1.165, 1.54) is 5.56 Å². The fourth-order valence-corrected chi connectivity index (χ4v) is 1.94. The molecular weight excluding hydrogens is 200 g/mol. The highest BCUT2D eigenvalue weighted by atomic mass is 16.7. The zero-order valence-electron chi connectivity index (χ0n) is 9.64. The Bertz CT molecular complexity index is 294. The molecule has 1 aromatic carbocycles. The SMILES string of the molecule is NC1CCN(OCCc2ccccc2)CC1. The first-order valence-corrected chi connectivity index (χ1v) is 6.02. The van der Waals surface area contributed by atoms with Crippen LogP contribution in [0.15, 0.2) is 30.3 Å². The molecule has 3 heteroatoms. The van der Waals surface area contributed by atoms with Crippen LogP contribution in [0.3, 0.4) is 0 Å². The smallest absolute Gasteiger partial charge is 0.0725 e. The van der Waals surface area contributed by atoms with Gasteiger partial charge in [0, 0.05) is 19.1 Å². The molecule has 0 radical (unpaired) electrons. The minimum Gasteiger partial charge on any atom is -0.328 e. The lowest BCUT2D eigenvalue weighted by Gasteiger charge is -2.29. The summed E-state index contributed by atoms with van der Waals surface area (Å²) in [5, 5.41) is 2.05. The van der Waals surface area contributed by atoms with Gasteiger partial charge in [-0.1, -0.05) is 30.3 Å². The van der Waals surface area contributed by atoms with E-state index in [4.69, 9.17) is 10.6 Å². The minimum absolute atomic E-state index is 0.369. The highest BCUT2D eigenvalue weighted by Gasteiger charge is 2.15. The molecule has 88 valence electrons. The topological polar surface area (TPSA) is 38.5 Å². The van der Waals surface area contributed by atoms with Crippen LogP contribution in [0, 0.1) is 0 Å². The van der Waals surface area contributed by atoms with Crippen molar-refractivity contribution in [3.8, 4) is 0 Å². The Morgan fingerprint density at radius 1 is 1.19 bits per heavy atom. The van der Waals surface area contributed by atoms with Gasteiger partial charge < -0.3 is 5.73 Å². The maximum Gasteiger partial charge on any atom is 0.0725 e. The van der Waals surface area contributed by atoms with Gasteiger partial charge in [-0.05, 0) is 24.8 Å².